The van der Waals surface area contributed by atoms with E-state index in [9.17, 15) is 4.79 Å². The molecule has 1 saturated heterocycles. The lowest BCUT2D eigenvalue weighted by molar-refractivity contribution is -0.133. The zero-order chi connectivity index (χ0) is 17.5. The zero-order valence-electron chi connectivity index (χ0n) is 14.7. The van der Waals surface area contributed by atoms with Crippen LogP contribution >= 0.6 is 0 Å². The predicted molar refractivity (Wildman–Crippen MR) is 94.3 cm³/mol. The maximum absolute atomic E-state index is 12.2. The van der Waals surface area contributed by atoms with E-state index in [0.717, 1.165) is 44.3 Å². The van der Waals surface area contributed by atoms with Crippen molar-refractivity contribution >= 4 is 5.91 Å². The number of amides is 1. The van der Waals surface area contributed by atoms with Gasteiger partial charge in [-0.3, -0.25) is 4.79 Å². The van der Waals surface area contributed by atoms with Gasteiger partial charge in [-0.25, -0.2) is 0 Å². The van der Waals surface area contributed by atoms with Crippen molar-refractivity contribution in [3.05, 3.63) is 30.2 Å². The molecule has 25 heavy (non-hydrogen) atoms. The molecule has 1 fully saturated rings. The molecule has 1 aliphatic rings. The van der Waals surface area contributed by atoms with Crippen LogP contribution in [0.15, 0.2) is 28.7 Å². The molecule has 3 rings (SSSR count). The highest BCUT2D eigenvalue weighted by atomic mass is 16.5. The largest absolute Gasteiger partial charge is 0.484 e. The molecule has 2 heterocycles. The van der Waals surface area contributed by atoms with E-state index in [1.54, 1.807) is 0 Å². The highest BCUT2D eigenvalue weighted by Gasteiger charge is 2.16. The number of aryl methyl sites for hydroxylation is 1. The van der Waals surface area contributed by atoms with Crippen molar-refractivity contribution in [2.45, 2.75) is 45.4 Å². The Labute approximate surface area is 148 Å². The van der Waals surface area contributed by atoms with Gasteiger partial charge in [0.2, 0.25) is 11.8 Å². The van der Waals surface area contributed by atoms with Crippen molar-refractivity contribution in [3.63, 3.8) is 0 Å². The first-order chi connectivity index (χ1) is 12.3. The van der Waals surface area contributed by atoms with Gasteiger partial charge in [-0.05, 0) is 43.5 Å². The lowest BCUT2D eigenvalue weighted by atomic mass is 10.2. The summed E-state index contributed by atoms with van der Waals surface area (Å²) in [5.41, 5.74) is 0.848. The second-order valence-corrected chi connectivity index (χ2v) is 6.36. The molecular weight excluding hydrogens is 318 g/mol. The van der Waals surface area contributed by atoms with E-state index in [2.05, 4.69) is 17.1 Å². The Hall–Kier alpha value is -2.37. The minimum atomic E-state index is 0.0621. The molecule has 134 valence electrons. The molecule has 0 radical (unpaired) electrons. The molecule has 0 saturated carbocycles. The number of ether oxygens (including phenoxy) is 1. The van der Waals surface area contributed by atoms with Crippen LogP contribution in [0.2, 0.25) is 0 Å². The third-order valence-corrected chi connectivity index (χ3v) is 4.35. The Morgan fingerprint density at radius 1 is 1.12 bits per heavy atom. The van der Waals surface area contributed by atoms with E-state index in [1.807, 2.05) is 29.2 Å². The van der Waals surface area contributed by atoms with Gasteiger partial charge in [0.1, 0.15) is 5.75 Å². The van der Waals surface area contributed by atoms with Crippen LogP contribution in [0.4, 0.5) is 0 Å². The number of likely N-dealkylation sites (tertiary alicyclic amines) is 1. The summed E-state index contributed by atoms with van der Waals surface area (Å²) in [6.45, 7) is 3.85. The fourth-order valence-electron chi connectivity index (χ4n) is 2.94. The number of carbonyl (C=O) groups excluding carboxylic acids is 1. The molecular formula is C19H25N3O3. The molecule has 0 atom stereocenters. The van der Waals surface area contributed by atoms with Crippen molar-refractivity contribution < 1.29 is 13.9 Å². The van der Waals surface area contributed by atoms with Crippen molar-refractivity contribution in [2.24, 2.45) is 0 Å². The molecule has 6 nitrogen and oxygen atoms in total. The SMILES string of the molecule is CCCc1nnc(-c2ccc(OCC(=O)N3CCCCCC3)cc2)o1. The van der Waals surface area contributed by atoms with Gasteiger partial charge in [-0.15, -0.1) is 10.2 Å². The molecule has 1 amide bonds. The number of nitrogens with zero attached hydrogens (tertiary/aromatic N) is 3. The van der Waals surface area contributed by atoms with Crippen molar-refractivity contribution in [2.75, 3.05) is 19.7 Å². The minimum Gasteiger partial charge on any atom is -0.484 e. The molecule has 6 heteroatoms. The number of rotatable bonds is 6. The third kappa shape index (κ3) is 4.81. The van der Waals surface area contributed by atoms with E-state index >= 15 is 0 Å². The Morgan fingerprint density at radius 3 is 2.52 bits per heavy atom. The van der Waals surface area contributed by atoms with Crippen LogP contribution in [0.25, 0.3) is 11.5 Å². The number of carbonyl (C=O) groups is 1. The van der Waals surface area contributed by atoms with Crippen LogP contribution in [0.3, 0.4) is 0 Å². The lowest BCUT2D eigenvalue weighted by Gasteiger charge is -2.20. The smallest absolute Gasteiger partial charge is 0.260 e. The standard InChI is InChI=1S/C19H25N3O3/c1-2-7-17-20-21-19(25-17)15-8-10-16(11-9-15)24-14-18(23)22-12-5-3-4-6-13-22/h8-11H,2-7,12-14H2,1H3. The third-order valence-electron chi connectivity index (χ3n) is 4.35. The molecule has 0 aliphatic carbocycles. The van der Waals surface area contributed by atoms with Crippen LogP contribution in [0.1, 0.15) is 44.9 Å². The number of benzene rings is 1. The van der Waals surface area contributed by atoms with Gasteiger partial charge in [0.05, 0.1) is 0 Å². The molecule has 2 aromatic rings. The van der Waals surface area contributed by atoms with Gasteiger partial charge in [0.25, 0.3) is 5.91 Å². The summed E-state index contributed by atoms with van der Waals surface area (Å²) in [5, 5.41) is 8.09. The molecule has 0 N–H and O–H groups in total. The van der Waals surface area contributed by atoms with Gasteiger partial charge in [-0.1, -0.05) is 19.8 Å². The molecule has 1 aliphatic heterocycles. The normalized spacial score (nSPS) is 15.0. The topological polar surface area (TPSA) is 68.5 Å². The summed E-state index contributed by atoms with van der Waals surface area (Å²) in [4.78, 5) is 14.2. The fourth-order valence-corrected chi connectivity index (χ4v) is 2.94. The average Bonchev–Trinajstić information content (AvgIpc) is 2.93. The monoisotopic (exact) mass is 343 g/mol. The average molecular weight is 343 g/mol. The van der Waals surface area contributed by atoms with Crippen LogP contribution in [0.5, 0.6) is 5.75 Å². The summed E-state index contributed by atoms with van der Waals surface area (Å²) in [7, 11) is 0. The first-order valence-corrected chi connectivity index (χ1v) is 9.09. The van der Waals surface area contributed by atoms with E-state index < -0.39 is 0 Å². The summed E-state index contributed by atoms with van der Waals surface area (Å²) in [5.74, 6) is 1.89. The van der Waals surface area contributed by atoms with E-state index in [0.29, 0.717) is 17.5 Å². The van der Waals surface area contributed by atoms with Crippen molar-refractivity contribution in [1.29, 1.82) is 0 Å². The summed E-state index contributed by atoms with van der Waals surface area (Å²) < 4.78 is 11.3. The Balaban J connectivity index is 1.54. The Kier molecular flexibility index (Phi) is 6.04. The summed E-state index contributed by atoms with van der Waals surface area (Å²) >= 11 is 0. The Morgan fingerprint density at radius 2 is 1.84 bits per heavy atom. The second-order valence-electron chi connectivity index (χ2n) is 6.36. The van der Waals surface area contributed by atoms with Crippen molar-refractivity contribution in [1.82, 2.24) is 15.1 Å². The number of hydrogen-bond donors (Lipinski definition) is 0. The molecule has 1 aromatic carbocycles. The van der Waals surface area contributed by atoms with E-state index in [-0.39, 0.29) is 12.5 Å². The summed E-state index contributed by atoms with van der Waals surface area (Å²) in [6.07, 6.45) is 6.35. The van der Waals surface area contributed by atoms with Gasteiger partial charge < -0.3 is 14.1 Å². The first kappa shape index (κ1) is 17.5. The fraction of sp³-hybridized carbons (Fsp3) is 0.526. The van der Waals surface area contributed by atoms with Crippen LogP contribution < -0.4 is 4.74 Å². The quantitative estimate of drug-likeness (QED) is 0.803. The second kappa shape index (κ2) is 8.65. The van der Waals surface area contributed by atoms with Crippen LogP contribution in [-0.2, 0) is 11.2 Å². The molecule has 1 aromatic heterocycles. The number of aromatic nitrogens is 2. The van der Waals surface area contributed by atoms with E-state index in [1.165, 1.54) is 12.8 Å². The predicted octanol–water partition coefficient (Wildman–Crippen LogP) is 3.47. The highest BCUT2D eigenvalue weighted by Crippen LogP contribution is 2.22. The number of hydrogen-bond acceptors (Lipinski definition) is 5. The van der Waals surface area contributed by atoms with Gasteiger partial charge >= 0.3 is 0 Å². The maximum Gasteiger partial charge on any atom is 0.260 e. The molecule has 0 bridgehead atoms. The van der Waals surface area contributed by atoms with E-state index in [4.69, 9.17) is 9.15 Å². The first-order valence-electron chi connectivity index (χ1n) is 9.09. The minimum absolute atomic E-state index is 0.0621. The Bertz CT molecular complexity index is 673. The van der Waals surface area contributed by atoms with Gasteiger partial charge in [0.15, 0.2) is 6.61 Å². The highest BCUT2D eigenvalue weighted by molar-refractivity contribution is 5.77. The van der Waals surface area contributed by atoms with Gasteiger partial charge in [-0.2, -0.15) is 0 Å². The summed E-state index contributed by atoms with van der Waals surface area (Å²) in [6, 6.07) is 7.40. The molecule has 0 unspecified atom stereocenters. The lowest BCUT2D eigenvalue weighted by Crippen LogP contribution is -2.35. The zero-order valence-corrected chi connectivity index (χ0v) is 14.7. The molecule has 0 spiro atoms. The van der Waals surface area contributed by atoms with Gasteiger partial charge in [0, 0.05) is 25.1 Å². The van der Waals surface area contributed by atoms with Crippen LogP contribution in [0, 0.1) is 0 Å². The maximum atomic E-state index is 12.2. The van der Waals surface area contributed by atoms with Crippen LogP contribution in [-0.4, -0.2) is 40.7 Å². The van der Waals surface area contributed by atoms with Crippen molar-refractivity contribution in [3.8, 4) is 17.2 Å².